The average molecular weight is 289 g/mol. The van der Waals surface area contributed by atoms with Gasteiger partial charge in [0.1, 0.15) is 0 Å². The fourth-order valence-corrected chi connectivity index (χ4v) is 2.82. The summed E-state index contributed by atoms with van der Waals surface area (Å²) in [6.07, 6.45) is 11.7. The Balaban J connectivity index is 3.02. The molecule has 0 rings (SSSR count). The standard InChI is InChI=1S/C15H32O3Si/c1-4-18-19-14-12-10-8-6-5-7-9-11-13-15(16-2)17-3/h15H,4-14H2,1-3H3. The van der Waals surface area contributed by atoms with Gasteiger partial charge in [-0.05, 0) is 25.8 Å². The Labute approximate surface area is 122 Å². The predicted octanol–water partition coefficient (Wildman–Crippen LogP) is 4.19. The fourth-order valence-electron chi connectivity index (χ4n) is 2.07. The Morgan fingerprint density at radius 1 is 0.789 bits per heavy atom. The third kappa shape index (κ3) is 14.3. The highest BCUT2D eigenvalue weighted by molar-refractivity contribution is 6.26. The van der Waals surface area contributed by atoms with Gasteiger partial charge in [0.2, 0.25) is 9.76 Å². The number of hydrogen-bond donors (Lipinski definition) is 0. The highest BCUT2D eigenvalue weighted by Gasteiger charge is 2.03. The molecule has 0 spiro atoms. The van der Waals surface area contributed by atoms with E-state index < -0.39 is 0 Å². The number of unbranched alkanes of at least 4 members (excludes halogenated alkanes) is 7. The summed E-state index contributed by atoms with van der Waals surface area (Å²) in [4.78, 5) is 0. The quantitative estimate of drug-likeness (QED) is 0.257. The van der Waals surface area contributed by atoms with Crippen LogP contribution in [0.4, 0.5) is 0 Å². The summed E-state index contributed by atoms with van der Waals surface area (Å²) in [5, 5.41) is 0. The smallest absolute Gasteiger partial charge is 0.229 e. The van der Waals surface area contributed by atoms with Crippen molar-refractivity contribution >= 4 is 9.76 Å². The second-order valence-corrected chi connectivity index (χ2v) is 5.92. The van der Waals surface area contributed by atoms with Crippen LogP contribution in [0.3, 0.4) is 0 Å². The third-order valence-corrected chi connectivity index (χ3v) is 4.29. The van der Waals surface area contributed by atoms with E-state index in [-0.39, 0.29) is 6.29 Å². The summed E-state index contributed by atoms with van der Waals surface area (Å²) in [6.45, 7) is 2.93. The minimum atomic E-state index is -0.00817. The topological polar surface area (TPSA) is 27.7 Å². The minimum Gasteiger partial charge on any atom is -0.418 e. The molecule has 0 atom stereocenters. The Hall–Kier alpha value is 0.0969. The van der Waals surface area contributed by atoms with Gasteiger partial charge in [-0.3, -0.25) is 0 Å². The molecule has 0 heterocycles. The molecule has 0 N–H and O–H groups in total. The Morgan fingerprint density at radius 2 is 1.32 bits per heavy atom. The van der Waals surface area contributed by atoms with Crippen LogP contribution in [0, 0.1) is 0 Å². The van der Waals surface area contributed by atoms with E-state index >= 15 is 0 Å². The monoisotopic (exact) mass is 288 g/mol. The molecular weight excluding hydrogens is 256 g/mol. The normalized spacial score (nSPS) is 11.4. The largest absolute Gasteiger partial charge is 0.418 e. The van der Waals surface area contributed by atoms with Crippen LogP contribution in [0.15, 0.2) is 0 Å². The van der Waals surface area contributed by atoms with Crippen molar-refractivity contribution in [2.24, 2.45) is 0 Å². The molecule has 2 radical (unpaired) electrons. The molecule has 0 saturated carbocycles. The van der Waals surface area contributed by atoms with Crippen molar-refractivity contribution in [2.75, 3.05) is 20.8 Å². The SMILES string of the molecule is CCO[Si]CCCCCCCCCCC(OC)OC. The lowest BCUT2D eigenvalue weighted by molar-refractivity contribution is -0.107. The maximum atomic E-state index is 5.35. The summed E-state index contributed by atoms with van der Waals surface area (Å²) in [7, 11) is 4.13. The van der Waals surface area contributed by atoms with Crippen LogP contribution in [0.5, 0.6) is 0 Å². The molecule has 0 aromatic carbocycles. The number of rotatable bonds is 15. The molecule has 114 valence electrons. The van der Waals surface area contributed by atoms with Gasteiger partial charge in [-0.1, -0.05) is 44.9 Å². The summed E-state index contributed by atoms with van der Waals surface area (Å²) in [6, 6.07) is 1.25. The van der Waals surface area contributed by atoms with Crippen molar-refractivity contribution in [2.45, 2.75) is 77.0 Å². The van der Waals surface area contributed by atoms with Gasteiger partial charge >= 0.3 is 0 Å². The molecule has 0 bridgehead atoms. The number of hydrogen-bond acceptors (Lipinski definition) is 3. The number of ether oxygens (including phenoxy) is 2. The van der Waals surface area contributed by atoms with Crippen LogP contribution in [-0.2, 0) is 13.9 Å². The summed E-state index contributed by atoms with van der Waals surface area (Å²) in [5.41, 5.74) is 0. The zero-order valence-electron chi connectivity index (χ0n) is 13.1. The highest BCUT2D eigenvalue weighted by atomic mass is 28.2. The van der Waals surface area contributed by atoms with Gasteiger partial charge in [-0.15, -0.1) is 0 Å². The van der Waals surface area contributed by atoms with E-state index in [1.54, 1.807) is 14.2 Å². The Bertz CT molecular complexity index is 163. The maximum Gasteiger partial charge on any atom is 0.229 e. The lowest BCUT2D eigenvalue weighted by atomic mass is 10.1. The first-order valence-corrected chi connectivity index (χ1v) is 8.86. The van der Waals surface area contributed by atoms with Crippen LogP contribution < -0.4 is 0 Å². The lowest BCUT2D eigenvalue weighted by Gasteiger charge is -2.12. The van der Waals surface area contributed by atoms with E-state index in [0.29, 0.717) is 0 Å². The van der Waals surface area contributed by atoms with Gasteiger partial charge < -0.3 is 13.9 Å². The van der Waals surface area contributed by atoms with Crippen molar-refractivity contribution < 1.29 is 13.9 Å². The zero-order valence-corrected chi connectivity index (χ0v) is 14.1. The Morgan fingerprint density at radius 3 is 1.84 bits per heavy atom. The summed E-state index contributed by atoms with van der Waals surface area (Å²) < 4.78 is 15.7. The van der Waals surface area contributed by atoms with E-state index in [4.69, 9.17) is 13.9 Å². The molecular formula is C15H32O3Si. The van der Waals surface area contributed by atoms with E-state index in [0.717, 1.165) is 22.8 Å². The molecule has 0 saturated heterocycles. The molecule has 0 aliphatic rings. The Kier molecular flexibility index (Phi) is 16.2. The minimum absolute atomic E-state index is 0.00817. The molecule has 0 amide bonds. The zero-order chi connectivity index (χ0) is 14.2. The van der Waals surface area contributed by atoms with Gasteiger partial charge in [0.05, 0.1) is 0 Å². The molecule has 4 heteroatoms. The molecule has 0 fully saturated rings. The first-order chi connectivity index (χ1) is 9.35. The van der Waals surface area contributed by atoms with Crippen molar-refractivity contribution in [1.82, 2.24) is 0 Å². The molecule has 3 nitrogen and oxygen atoms in total. The first-order valence-electron chi connectivity index (χ1n) is 7.75. The molecule has 0 aromatic heterocycles. The predicted molar refractivity (Wildman–Crippen MR) is 81.5 cm³/mol. The van der Waals surface area contributed by atoms with Crippen LogP contribution in [0.2, 0.25) is 6.04 Å². The molecule has 0 aromatic rings. The van der Waals surface area contributed by atoms with Crippen LogP contribution in [0.1, 0.15) is 64.7 Å². The number of methoxy groups -OCH3 is 2. The fraction of sp³-hybridized carbons (Fsp3) is 1.00. The molecule has 19 heavy (non-hydrogen) atoms. The highest BCUT2D eigenvalue weighted by Crippen LogP contribution is 2.12. The van der Waals surface area contributed by atoms with Crippen molar-refractivity contribution in [3.05, 3.63) is 0 Å². The van der Waals surface area contributed by atoms with Gasteiger partial charge in [0.15, 0.2) is 6.29 Å². The van der Waals surface area contributed by atoms with E-state index in [1.807, 2.05) is 0 Å². The van der Waals surface area contributed by atoms with Gasteiger partial charge in [0, 0.05) is 20.8 Å². The molecule has 0 unspecified atom stereocenters. The maximum absolute atomic E-state index is 5.35. The third-order valence-electron chi connectivity index (χ3n) is 3.24. The van der Waals surface area contributed by atoms with E-state index in [2.05, 4.69) is 6.92 Å². The van der Waals surface area contributed by atoms with Crippen molar-refractivity contribution in [3.8, 4) is 0 Å². The second-order valence-electron chi connectivity index (χ2n) is 4.85. The van der Waals surface area contributed by atoms with E-state index in [9.17, 15) is 0 Å². The second kappa shape index (κ2) is 16.2. The first kappa shape index (κ1) is 19.1. The van der Waals surface area contributed by atoms with Gasteiger partial charge in [-0.25, -0.2) is 0 Å². The van der Waals surface area contributed by atoms with Crippen LogP contribution >= 0.6 is 0 Å². The van der Waals surface area contributed by atoms with Crippen LogP contribution in [-0.4, -0.2) is 36.9 Å². The van der Waals surface area contributed by atoms with Gasteiger partial charge in [0.25, 0.3) is 0 Å². The molecule has 0 aliphatic carbocycles. The van der Waals surface area contributed by atoms with Gasteiger partial charge in [-0.2, -0.15) is 0 Å². The van der Waals surface area contributed by atoms with Crippen molar-refractivity contribution in [1.29, 1.82) is 0 Å². The van der Waals surface area contributed by atoms with Crippen molar-refractivity contribution in [3.63, 3.8) is 0 Å². The lowest BCUT2D eigenvalue weighted by Crippen LogP contribution is -2.12. The van der Waals surface area contributed by atoms with Crippen LogP contribution in [0.25, 0.3) is 0 Å². The average Bonchev–Trinajstić information content (AvgIpc) is 2.44. The summed E-state index contributed by atoms with van der Waals surface area (Å²) >= 11 is 0. The summed E-state index contributed by atoms with van der Waals surface area (Å²) in [5.74, 6) is 0. The molecule has 0 aliphatic heterocycles. The van der Waals surface area contributed by atoms with E-state index in [1.165, 1.54) is 57.4 Å².